The highest BCUT2D eigenvalue weighted by Crippen LogP contribution is 2.24. The number of thiazole rings is 1. The molecule has 2 aromatic rings. The SMILES string of the molecule is Cc1nc2c(Cl)ccnc2s1. The summed E-state index contributed by atoms with van der Waals surface area (Å²) in [6.07, 6.45) is 1.70. The predicted molar refractivity (Wildman–Crippen MR) is 47.2 cm³/mol. The van der Waals surface area contributed by atoms with Gasteiger partial charge in [0.1, 0.15) is 10.3 Å². The molecule has 2 heterocycles. The minimum Gasteiger partial charge on any atom is -0.244 e. The topological polar surface area (TPSA) is 25.8 Å². The number of hydrogen-bond donors (Lipinski definition) is 0. The van der Waals surface area contributed by atoms with Crippen molar-refractivity contribution >= 4 is 33.3 Å². The van der Waals surface area contributed by atoms with Crippen LogP contribution in [0.25, 0.3) is 10.3 Å². The van der Waals surface area contributed by atoms with E-state index < -0.39 is 0 Å². The molecule has 56 valence electrons. The number of aryl methyl sites for hydroxylation is 1. The number of fused-ring (bicyclic) bond motifs is 1. The van der Waals surface area contributed by atoms with Crippen LogP contribution in [0.4, 0.5) is 0 Å². The van der Waals surface area contributed by atoms with Crippen LogP contribution in [0.5, 0.6) is 0 Å². The Kier molecular flexibility index (Phi) is 1.55. The van der Waals surface area contributed by atoms with Gasteiger partial charge in [0.2, 0.25) is 0 Å². The molecule has 0 aromatic carbocycles. The van der Waals surface area contributed by atoms with Crippen molar-refractivity contribution in [2.45, 2.75) is 6.92 Å². The summed E-state index contributed by atoms with van der Waals surface area (Å²) in [6.45, 7) is 1.95. The molecule has 0 atom stereocenters. The third-order valence-electron chi connectivity index (χ3n) is 1.36. The van der Waals surface area contributed by atoms with E-state index in [1.54, 1.807) is 23.6 Å². The van der Waals surface area contributed by atoms with E-state index >= 15 is 0 Å². The molecule has 0 fully saturated rings. The quantitative estimate of drug-likeness (QED) is 0.629. The van der Waals surface area contributed by atoms with Crippen molar-refractivity contribution in [3.63, 3.8) is 0 Å². The second-order valence-electron chi connectivity index (χ2n) is 2.18. The molecular weight excluding hydrogens is 180 g/mol. The molecule has 0 saturated heterocycles. The van der Waals surface area contributed by atoms with Crippen LogP contribution in [0.1, 0.15) is 5.01 Å². The molecule has 2 nitrogen and oxygen atoms in total. The molecule has 0 saturated carbocycles. The third kappa shape index (κ3) is 1.10. The number of aromatic nitrogens is 2. The highest BCUT2D eigenvalue weighted by Gasteiger charge is 2.03. The average molecular weight is 185 g/mol. The normalized spacial score (nSPS) is 10.7. The summed E-state index contributed by atoms with van der Waals surface area (Å²) in [7, 11) is 0. The van der Waals surface area contributed by atoms with E-state index in [-0.39, 0.29) is 0 Å². The summed E-state index contributed by atoms with van der Waals surface area (Å²) in [5.74, 6) is 0. The highest BCUT2D eigenvalue weighted by atomic mass is 35.5. The second kappa shape index (κ2) is 2.43. The molecule has 0 aliphatic carbocycles. The molecule has 0 unspecified atom stereocenters. The van der Waals surface area contributed by atoms with Crippen LogP contribution in [-0.4, -0.2) is 9.97 Å². The van der Waals surface area contributed by atoms with Crippen molar-refractivity contribution < 1.29 is 0 Å². The van der Waals surface area contributed by atoms with Gasteiger partial charge in [0, 0.05) is 6.20 Å². The lowest BCUT2D eigenvalue weighted by molar-refractivity contribution is 1.33. The number of rotatable bonds is 0. The first-order valence-corrected chi connectivity index (χ1v) is 4.34. The molecule has 2 rings (SSSR count). The Labute approximate surface area is 72.9 Å². The summed E-state index contributed by atoms with van der Waals surface area (Å²) in [5, 5.41) is 1.68. The fourth-order valence-corrected chi connectivity index (χ4v) is 1.94. The summed E-state index contributed by atoms with van der Waals surface area (Å²) in [4.78, 5) is 9.28. The zero-order valence-corrected chi connectivity index (χ0v) is 7.41. The molecular formula is C7H5ClN2S. The van der Waals surface area contributed by atoms with Crippen LogP contribution < -0.4 is 0 Å². The molecule has 11 heavy (non-hydrogen) atoms. The van der Waals surface area contributed by atoms with E-state index in [4.69, 9.17) is 11.6 Å². The molecule has 0 radical (unpaired) electrons. The lowest BCUT2D eigenvalue weighted by Gasteiger charge is -1.87. The Morgan fingerprint density at radius 1 is 1.55 bits per heavy atom. The Morgan fingerprint density at radius 2 is 2.36 bits per heavy atom. The fraction of sp³-hybridized carbons (Fsp3) is 0.143. The first-order valence-electron chi connectivity index (χ1n) is 3.15. The Hall–Kier alpha value is -0.670. The van der Waals surface area contributed by atoms with Crippen LogP contribution in [0, 0.1) is 6.92 Å². The first-order chi connectivity index (χ1) is 5.27. The van der Waals surface area contributed by atoms with Gasteiger partial charge < -0.3 is 0 Å². The van der Waals surface area contributed by atoms with Crippen LogP contribution in [0.3, 0.4) is 0 Å². The smallest absolute Gasteiger partial charge is 0.144 e. The van der Waals surface area contributed by atoms with E-state index in [2.05, 4.69) is 9.97 Å². The molecule has 0 N–H and O–H groups in total. The molecule has 0 aliphatic heterocycles. The van der Waals surface area contributed by atoms with E-state index in [0.29, 0.717) is 5.02 Å². The number of hydrogen-bond acceptors (Lipinski definition) is 3. The lowest BCUT2D eigenvalue weighted by atomic mass is 10.4. The maximum Gasteiger partial charge on any atom is 0.144 e. The largest absolute Gasteiger partial charge is 0.244 e. The third-order valence-corrected chi connectivity index (χ3v) is 2.54. The van der Waals surface area contributed by atoms with Crippen molar-refractivity contribution in [3.8, 4) is 0 Å². The van der Waals surface area contributed by atoms with Crippen LogP contribution in [0.15, 0.2) is 12.3 Å². The van der Waals surface area contributed by atoms with Gasteiger partial charge in [-0.25, -0.2) is 9.97 Å². The van der Waals surface area contributed by atoms with Gasteiger partial charge in [-0.05, 0) is 13.0 Å². The molecule has 0 spiro atoms. The summed E-state index contributed by atoms with van der Waals surface area (Å²) >= 11 is 7.43. The van der Waals surface area contributed by atoms with Crippen molar-refractivity contribution in [2.24, 2.45) is 0 Å². The van der Waals surface area contributed by atoms with Gasteiger partial charge >= 0.3 is 0 Å². The molecule has 4 heteroatoms. The Bertz CT molecular complexity index is 396. The highest BCUT2D eigenvalue weighted by molar-refractivity contribution is 7.18. The van der Waals surface area contributed by atoms with Gasteiger partial charge in [0.15, 0.2) is 0 Å². The number of pyridine rings is 1. The minimum atomic E-state index is 0.680. The monoisotopic (exact) mass is 184 g/mol. The van der Waals surface area contributed by atoms with Gasteiger partial charge in [0.25, 0.3) is 0 Å². The summed E-state index contributed by atoms with van der Waals surface area (Å²) in [6, 6.07) is 1.75. The van der Waals surface area contributed by atoms with E-state index in [9.17, 15) is 0 Å². The standard InChI is InChI=1S/C7H5ClN2S/c1-4-10-6-5(8)2-3-9-7(6)11-4/h2-3H,1H3. The average Bonchev–Trinajstić information content (AvgIpc) is 2.31. The minimum absolute atomic E-state index is 0.680. The van der Waals surface area contributed by atoms with E-state index in [1.807, 2.05) is 6.92 Å². The van der Waals surface area contributed by atoms with Crippen LogP contribution >= 0.6 is 22.9 Å². The van der Waals surface area contributed by atoms with Crippen molar-refractivity contribution in [2.75, 3.05) is 0 Å². The molecule has 0 aliphatic rings. The van der Waals surface area contributed by atoms with Crippen molar-refractivity contribution in [3.05, 3.63) is 22.3 Å². The lowest BCUT2D eigenvalue weighted by Crippen LogP contribution is -1.73. The van der Waals surface area contributed by atoms with Gasteiger partial charge in [0.05, 0.1) is 10.0 Å². The number of halogens is 1. The summed E-state index contributed by atoms with van der Waals surface area (Å²) in [5.41, 5.74) is 0.816. The Morgan fingerprint density at radius 3 is 3.09 bits per heavy atom. The zero-order chi connectivity index (χ0) is 7.84. The number of nitrogens with zero attached hydrogens (tertiary/aromatic N) is 2. The summed E-state index contributed by atoms with van der Waals surface area (Å²) < 4.78 is 0. The van der Waals surface area contributed by atoms with Gasteiger partial charge in [-0.2, -0.15) is 0 Å². The van der Waals surface area contributed by atoms with Crippen LogP contribution in [-0.2, 0) is 0 Å². The zero-order valence-electron chi connectivity index (χ0n) is 5.84. The van der Waals surface area contributed by atoms with Gasteiger partial charge in [-0.3, -0.25) is 0 Å². The molecule has 0 bridgehead atoms. The first kappa shape index (κ1) is 7.00. The van der Waals surface area contributed by atoms with E-state index in [0.717, 1.165) is 15.4 Å². The van der Waals surface area contributed by atoms with E-state index in [1.165, 1.54) is 0 Å². The van der Waals surface area contributed by atoms with Crippen molar-refractivity contribution in [1.29, 1.82) is 0 Å². The predicted octanol–water partition coefficient (Wildman–Crippen LogP) is 2.65. The van der Waals surface area contributed by atoms with Gasteiger partial charge in [-0.1, -0.05) is 22.9 Å². The maximum atomic E-state index is 5.87. The molecule has 2 aromatic heterocycles. The van der Waals surface area contributed by atoms with Crippen molar-refractivity contribution in [1.82, 2.24) is 9.97 Å². The van der Waals surface area contributed by atoms with Gasteiger partial charge in [-0.15, -0.1) is 0 Å². The Balaban J connectivity index is 2.90. The fourth-order valence-electron chi connectivity index (χ4n) is 0.909. The van der Waals surface area contributed by atoms with Crippen LogP contribution in [0.2, 0.25) is 5.02 Å². The second-order valence-corrected chi connectivity index (χ2v) is 3.77. The molecule has 0 amide bonds. The maximum absolute atomic E-state index is 5.87.